The molecule has 0 unspecified atom stereocenters. The highest BCUT2D eigenvalue weighted by Crippen LogP contribution is 2.38. The maximum Gasteiger partial charge on any atom is 0.254 e. The summed E-state index contributed by atoms with van der Waals surface area (Å²) < 4.78 is 5.76. The summed E-state index contributed by atoms with van der Waals surface area (Å²) in [5, 5.41) is 10.5. The van der Waals surface area contributed by atoms with Crippen LogP contribution in [0.25, 0.3) is 11.1 Å². The number of hydrogen-bond acceptors (Lipinski definition) is 4. The van der Waals surface area contributed by atoms with Crippen molar-refractivity contribution in [2.45, 2.75) is 13.5 Å². The maximum absolute atomic E-state index is 12.8. The summed E-state index contributed by atoms with van der Waals surface area (Å²) in [5.74, 6) is 0.482. The number of aromatic nitrogens is 1. The SMILES string of the molecule is Cc1ccccc1-c1cc(O)c2c(c1)CN(C(=O)c1ccncc1)CCO2. The molecule has 1 amide bonds. The minimum atomic E-state index is -0.0744. The lowest BCUT2D eigenvalue weighted by Gasteiger charge is -2.20. The molecular weight excluding hydrogens is 340 g/mol. The van der Waals surface area contributed by atoms with Crippen molar-refractivity contribution in [1.82, 2.24) is 9.88 Å². The third-order valence-corrected chi connectivity index (χ3v) is 4.79. The number of aryl methyl sites for hydroxylation is 1. The van der Waals surface area contributed by atoms with Gasteiger partial charge in [-0.2, -0.15) is 0 Å². The number of amides is 1. The topological polar surface area (TPSA) is 62.7 Å². The molecule has 0 fully saturated rings. The Labute approximate surface area is 157 Å². The zero-order chi connectivity index (χ0) is 18.8. The van der Waals surface area contributed by atoms with E-state index in [1.165, 1.54) is 0 Å². The molecule has 136 valence electrons. The Morgan fingerprint density at radius 3 is 2.70 bits per heavy atom. The summed E-state index contributed by atoms with van der Waals surface area (Å²) in [6, 6.07) is 15.1. The standard InChI is InChI=1S/C22H20N2O3/c1-15-4-2-3-5-19(15)17-12-18-14-24(10-11-27-21(18)20(25)13-17)22(26)16-6-8-23-9-7-16/h2-9,12-13,25H,10-11,14H2,1H3. The van der Waals surface area contributed by atoms with E-state index in [-0.39, 0.29) is 11.7 Å². The summed E-state index contributed by atoms with van der Waals surface area (Å²) in [5.41, 5.74) is 4.47. The van der Waals surface area contributed by atoms with Crippen molar-refractivity contribution in [3.05, 3.63) is 77.6 Å². The van der Waals surface area contributed by atoms with E-state index in [9.17, 15) is 9.90 Å². The van der Waals surface area contributed by atoms with Crippen molar-refractivity contribution in [2.24, 2.45) is 0 Å². The van der Waals surface area contributed by atoms with Gasteiger partial charge in [-0.05, 0) is 47.9 Å². The molecule has 1 aromatic heterocycles. The van der Waals surface area contributed by atoms with E-state index in [0.717, 1.165) is 22.3 Å². The Balaban J connectivity index is 1.71. The van der Waals surface area contributed by atoms with Crippen molar-refractivity contribution in [3.8, 4) is 22.6 Å². The van der Waals surface area contributed by atoms with Gasteiger partial charge in [0.2, 0.25) is 0 Å². The minimum absolute atomic E-state index is 0.0744. The van der Waals surface area contributed by atoms with Gasteiger partial charge >= 0.3 is 0 Å². The van der Waals surface area contributed by atoms with Crippen molar-refractivity contribution < 1.29 is 14.6 Å². The number of rotatable bonds is 2. The fraction of sp³-hybridized carbons (Fsp3) is 0.182. The normalized spacial score (nSPS) is 13.4. The molecule has 5 heteroatoms. The number of aromatic hydroxyl groups is 1. The molecule has 2 heterocycles. The largest absolute Gasteiger partial charge is 0.504 e. The third kappa shape index (κ3) is 3.36. The molecule has 4 rings (SSSR count). The summed E-state index contributed by atoms with van der Waals surface area (Å²) in [6.45, 7) is 3.20. The van der Waals surface area contributed by atoms with Crippen LogP contribution in [0.2, 0.25) is 0 Å². The number of benzene rings is 2. The average molecular weight is 360 g/mol. The molecule has 0 spiro atoms. The van der Waals surface area contributed by atoms with E-state index in [4.69, 9.17) is 4.74 Å². The number of carbonyl (C=O) groups is 1. The van der Waals surface area contributed by atoms with Gasteiger partial charge in [-0.25, -0.2) is 0 Å². The lowest BCUT2D eigenvalue weighted by atomic mass is 9.97. The molecule has 0 saturated heterocycles. The zero-order valence-corrected chi connectivity index (χ0v) is 15.1. The average Bonchev–Trinajstić information content (AvgIpc) is 2.91. The second-order valence-electron chi connectivity index (χ2n) is 6.61. The molecule has 1 aliphatic heterocycles. The van der Waals surface area contributed by atoms with E-state index in [1.807, 2.05) is 37.3 Å². The van der Waals surface area contributed by atoms with Crippen molar-refractivity contribution >= 4 is 5.91 Å². The van der Waals surface area contributed by atoms with E-state index in [2.05, 4.69) is 4.98 Å². The highest BCUT2D eigenvalue weighted by Gasteiger charge is 2.23. The molecule has 0 radical (unpaired) electrons. The van der Waals surface area contributed by atoms with Crippen LogP contribution >= 0.6 is 0 Å². The predicted octanol–water partition coefficient (Wildman–Crippen LogP) is 3.80. The number of hydrogen-bond donors (Lipinski definition) is 1. The second kappa shape index (κ2) is 7.11. The minimum Gasteiger partial charge on any atom is -0.504 e. The fourth-order valence-corrected chi connectivity index (χ4v) is 3.40. The van der Waals surface area contributed by atoms with Crippen LogP contribution in [0, 0.1) is 6.92 Å². The highest BCUT2D eigenvalue weighted by molar-refractivity contribution is 5.94. The van der Waals surface area contributed by atoms with Gasteiger partial charge in [0.15, 0.2) is 11.5 Å². The Morgan fingerprint density at radius 1 is 1.15 bits per heavy atom. The lowest BCUT2D eigenvalue weighted by Crippen LogP contribution is -2.32. The van der Waals surface area contributed by atoms with Crippen molar-refractivity contribution in [3.63, 3.8) is 0 Å². The first-order valence-corrected chi connectivity index (χ1v) is 8.87. The Morgan fingerprint density at radius 2 is 1.93 bits per heavy atom. The van der Waals surface area contributed by atoms with Gasteiger partial charge in [0.1, 0.15) is 6.61 Å². The number of phenols is 1. The first kappa shape index (κ1) is 17.1. The molecule has 27 heavy (non-hydrogen) atoms. The number of nitrogens with zero attached hydrogens (tertiary/aromatic N) is 2. The monoisotopic (exact) mass is 360 g/mol. The number of phenolic OH excluding ortho intramolecular Hbond substituents is 1. The van der Waals surface area contributed by atoms with Crippen LogP contribution in [0.15, 0.2) is 60.9 Å². The fourth-order valence-electron chi connectivity index (χ4n) is 3.40. The summed E-state index contributed by atoms with van der Waals surface area (Å²) in [4.78, 5) is 18.5. The number of carbonyl (C=O) groups excluding carboxylic acids is 1. The van der Waals surface area contributed by atoms with Crippen LogP contribution in [0.3, 0.4) is 0 Å². The molecule has 0 atom stereocenters. The van der Waals surface area contributed by atoms with Gasteiger partial charge < -0.3 is 14.7 Å². The predicted molar refractivity (Wildman–Crippen MR) is 103 cm³/mol. The van der Waals surface area contributed by atoms with E-state index in [0.29, 0.717) is 31.0 Å². The quantitative estimate of drug-likeness (QED) is 0.755. The number of ether oxygens (including phenoxy) is 1. The molecule has 0 bridgehead atoms. The molecule has 1 aliphatic rings. The van der Waals surface area contributed by atoms with Gasteiger partial charge in [-0.3, -0.25) is 9.78 Å². The summed E-state index contributed by atoms with van der Waals surface area (Å²) >= 11 is 0. The summed E-state index contributed by atoms with van der Waals surface area (Å²) in [6.07, 6.45) is 3.22. The molecule has 0 aliphatic carbocycles. The Bertz CT molecular complexity index is 986. The van der Waals surface area contributed by atoms with Gasteiger partial charge in [0.05, 0.1) is 6.54 Å². The molecule has 0 saturated carbocycles. The third-order valence-electron chi connectivity index (χ3n) is 4.79. The summed E-state index contributed by atoms with van der Waals surface area (Å²) in [7, 11) is 0. The molecule has 5 nitrogen and oxygen atoms in total. The van der Waals surface area contributed by atoms with Gasteiger partial charge in [-0.1, -0.05) is 24.3 Å². The molecule has 2 aromatic carbocycles. The van der Waals surface area contributed by atoms with Crippen LogP contribution in [0.5, 0.6) is 11.5 Å². The first-order valence-electron chi connectivity index (χ1n) is 8.87. The molecule has 3 aromatic rings. The van der Waals surface area contributed by atoms with Crippen LogP contribution in [0.1, 0.15) is 21.5 Å². The van der Waals surface area contributed by atoms with Crippen LogP contribution in [-0.2, 0) is 6.54 Å². The van der Waals surface area contributed by atoms with Gasteiger partial charge in [0, 0.05) is 30.1 Å². The van der Waals surface area contributed by atoms with E-state index < -0.39 is 0 Å². The highest BCUT2D eigenvalue weighted by atomic mass is 16.5. The molecule has 1 N–H and O–H groups in total. The van der Waals surface area contributed by atoms with Crippen LogP contribution in [-0.4, -0.2) is 34.0 Å². The van der Waals surface area contributed by atoms with Crippen molar-refractivity contribution in [2.75, 3.05) is 13.2 Å². The van der Waals surface area contributed by atoms with Gasteiger partial charge in [-0.15, -0.1) is 0 Å². The second-order valence-corrected chi connectivity index (χ2v) is 6.61. The smallest absolute Gasteiger partial charge is 0.254 e. The van der Waals surface area contributed by atoms with Crippen LogP contribution < -0.4 is 4.74 Å². The Hall–Kier alpha value is -3.34. The number of fused-ring (bicyclic) bond motifs is 1. The molecular formula is C22H20N2O3. The van der Waals surface area contributed by atoms with Crippen molar-refractivity contribution in [1.29, 1.82) is 0 Å². The van der Waals surface area contributed by atoms with Crippen LogP contribution in [0.4, 0.5) is 0 Å². The maximum atomic E-state index is 12.8. The first-order chi connectivity index (χ1) is 13.1. The lowest BCUT2D eigenvalue weighted by molar-refractivity contribution is 0.0733. The number of pyridine rings is 1. The van der Waals surface area contributed by atoms with Gasteiger partial charge in [0.25, 0.3) is 5.91 Å². The Kier molecular flexibility index (Phi) is 4.50. The van der Waals surface area contributed by atoms with E-state index in [1.54, 1.807) is 35.5 Å². The van der Waals surface area contributed by atoms with E-state index >= 15 is 0 Å². The zero-order valence-electron chi connectivity index (χ0n) is 15.1.